The molecule has 0 aliphatic carbocycles. The maximum Gasteiger partial charge on any atom is 0.335 e. The van der Waals surface area contributed by atoms with Gasteiger partial charge in [-0.2, -0.15) is 0 Å². The smallest absolute Gasteiger partial charge is 0.335 e. The second kappa shape index (κ2) is 7.05. The Morgan fingerprint density at radius 3 is 2.68 bits per heavy atom. The van der Waals surface area contributed by atoms with Gasteiger partial charge in [-0.1, -0.05) is 37.3 Å². The van der Waals surface area contributed by atoms with Gasteiger partial charge in [-0.3, -0.25) is 4.79 Å². The number of aromatic carboxylic acids is 1. The summed E-state index contributed by atoms with van der Waals surface area (Å²) in [5.41, 5.74) is 1.42. The molecule has 4 nitrogen and oxygen atoms in total. The van der Waals surface area contributed by atoms with Crippen LogP contribution in [0, 0.1) is 11.7 Å². The molecular weight excluding hydrogens is 321 g/mol. The molecule has 0 saturated carbocycles. The van der Waals surface area contributed by atoms with Gasteiger partial charge in [0.05, 0.1) is 18.0 Å². The maximum atomic E-state index is 13.6. The van der Waals surface area contributed by atoms with E-state index in [-0.39, 0.29) is 29.8 Å². The molecule has 0 spiro atoms. The fourth-order valence-corrected chi connectivity index (χ4v) is 3.50. The van der Waals surface area contributed by atoms with Crippen LogP contribution in [-0.2, 0) is 11.2 Å². The van der Waals surface area contributed by atoms with Crippen molar-refractivity contribution in [2.24, 2.45) is 5.92 Å². The van der Waals surface area contributed by atoms with Gasteiger partial charge in [0.15, 0.2) is 0 Å². The van der Waals surface area contributed by atoms with Crippen LogP contribution in [0.3, 0.4) is 0 Å². The monoisotopic (exact) mass is 341 g/mol. The lowest BCUT2D eigenvalue weighted by Crippen LogP contribution is -2.32. The van der Waals surface area contributed by atoms with E-state index in [4.69, 9.17) is 0 Å². The minimum Gasteiger partial charge on any atom is -0.478 e. The molecule has 2 aromatic rings. The summed E-state index contributed by atoms with van der Waals surface area (Å²) in [5.74, 6) is -1.18. The van der Waals surface area contributed by atoms with E-state index >= 15 is 0 Å². The Labute approximate surface area is 145 Å². The Morgan fingerprint density at radius 1 is 1.20 bits per heavy atom. The van der Waals surface area contributed by atoms with E-state index in [0.717, 1.165) is 12.0 Å². The summed E-state index contributed by atoms with van der Waals surface area (Å²) in [5, 5.41) is 9.28. The third-order valence-electron chi connectivity index (χ3n) is 4.65. The number of carbonyl (C=O) groups excluding carboxylic acids is 1. The lowest BCUT2D eigenvalue weighted by atomic mass is 10.00. The van der Waals surface area contributed by atoms with Gasteiger partial charge in [-0.05, 0) is 41.7 Å². The van der Waals surface area contributed by atoms with Crippen molar-refractivity contribution in [2.45, 2.75) is 25.8 Å². The number of hydrogen-bond acceptors (Lipinski definition) is 2. The van der Waals surface area contributed by atoms with Crippen LogP contribution in [-0.4, -0.2) is 28.4 Å². The highest BCUT2D eigenvalue weighted by atomic mass is 19.1. The number of benzene rings is 2. The quantitative estimate of drug-likeness (QED) is 0.923. The number of amides is 1. The molecule has 1 heterocycles. The van der Waals surface area contributed by atoms with Gasteiger partial charge in [-0.25, -0.2) is 9.18 Å². The van der Waals surface area contributed by atoms with E-state index < -0.39 is 5.97 Å². The molecule has 1 saturated heterocycles. The van der Waals surface area contributed by atoms with E-state index in [1.54, 1.807) is 29.2 Å². The highest BCUT2D eigenvalue weighted by Gasteiger charge is 2.34. The zero-order chi connectivity index (χ0) is 18.0. The fraction of sp³-hybridized carbons (Fsp3) is 0.300. The molecule has 1 aliphatic rings. The van der Waals surface area contributed by atoms with Crippen LogP contribution in [0.15, 0.2) is 48.5 Å². The predicted molar refractivity (Wildman–Crippen MR) is 91.7 cm³/mol. The van der Waals surface area contributed by atoms with Crippen LogP contribution < -0.4 is 0 Å². The van der Waals surface area contributed by atoms with Gasteiger partial charge in [0.1, 0.15) is 5.82 Å². The highest BCUT2D eigenvalue weighted by molar-refractivity contribution is 5.91. The summed E-state index contributed by atoms with van der Waals surface area (Å²) in [6.07, 6.45) is 0.802. The molecule has 1 fully saturated rings. The van der Waals surface area contributed by atoms with Crippen molar-refractivity contribution in [1.82, 2.24) is 4.90 Å². The average Bonchev–Trinajstić information content (AvgIpc) is 2.97. The molecule has 2 aromatic carbocycles. The number of nitrogens with zero attached hydrogens (tertiary/aromatic N) is 1. The third kappa shape index (κ3) is 3.71. The number of likely N-dealkylation sites (tertiary alicyclic amines) is 1. The van der Waals surface area contributed by atoms with Gasteiger partial charge in [0.25, 0.3) is 0 Å². The molecule has 2 atom stereocenters. The first kappa shape index (κ1) is 17.1. The zero-order valence-electron chi connectivity index (χ0n) is 14.0. The molecule has 1 N–H and O–H groups in total. The fourth-order valence-electron chi connectivity index (χ4n) is 3.50. The molecule has 0 aromatic heterocycles. The van der Waals surface area contributed by atoms with Crippen molar-refractivity contribution < 1.29 is 19.1 Å². The van der Waals surface area contributed by atoms with Crippen LogP contribution in [0.4, 0.5) is 4.39 Å². The largest absolute Gasteiger partial charge is 0.478 e. The molecule has 0 bridgehead atoms. The van der Waals surface area contributed by atoms with Gasteiger partial charge < -0.3 is 10.0 Å². The maximum absolute atomic E-state index is 13.6. The molecule has 1 amide bonds. The number of carboxylic acid groups (broad SMARTS) is 1. The van der Waals surface area contributed by atoms with Crippen LogP contribution in [0.5, 0.6) is 0 Å². The molecule has 130 valence electrons. The zero-order valence-corrected chi connectivity index (χ0v) is 14.0. The van der Waals surface area contributed by atoms with Crippen molar-refractivity contribution in [2.75, 3.05) is 6.54 Å². The molecule has 3 rings (SSSR count). The summed E-state index contributed by atoms with van der Waals surface area (Å²) < 4.78 is 13.6. The minimum absolute atomic E-state index is 0.0288. The first-order valence-corrected chi connectivity index (χ1v) is 8.32. The number of halogens is 1. The summed E-state index contributed by atoms with van der Waals surface area (Å²) >= 11 is 0. The Bertz CT molecular complexity index is 805. The van der Waals surface area contributed by atoms with Crippen molar-refractivity contribution >= 4 is 11.9 Å². The SMILES string of the molecule is CC1CC(c2cccc(F)c2)N(C(=O)Cc2ccccc2C(=O)O)C1. The van der Waals surface area contributed by atoms with Gasteiger partial charge in [-0.15, -0.1) is 0 Å². The standard InChI is InChI=1S/C20H20FNO3/c1-13-9-18(15-6-4-7-16(21)10-15)22(12-13)19(23)11-14-5-2-3-8-17(14)20(24)25/h2-8,10,13,18H,9,11-12H2,1H3,(H,24,25). The second-order valence-electron chi connectivity index (χ2n) is 6.60. The highest BCUT2D eigenvalue weighted by Crippen LogP contribution is 2.36. The Morgan fingerprint density at radius 2 is 1.96 bits per heavy atom. The first-order chi connectivity index (χ1) is 12.0. The topological polar surface area (TPSA) is 57.6 Å². The van der Waals surface area contributed by atoms with E-state index in [1.165, 1.54) is 18.2 Å². The number of hydrogen-bond donors (Lipinski definition) is 1. The predicted octanol–water partition coefficient (Wildman–Crippen LogP) is 3.68. The van der Waals surface area contributed by atoms with Crippen LogP contribution in [0.2, 0.25) is 0 Å². The lowest BCUT2D eigenvalue weighted by molar-refractivity contribution is -0.131. The van der Waals surface area contributed by atoms with Crippen molar-refractivity contribution in [1.29, 1.82) is 0 Å². The number of rotatable bonds is 4. The second-order valence-corrected chi connectivity index (χ2v) is 6.60. The van der Waals surface area contributed by atoms with Crippen LogP contribution in [0.25, 0.3) is 0 Å². The molecule has 0 radical (unpaired) electrons. The van der Waals surface area contributed by atoms with Crippen LogP contribution in [0.1, 0.15) is 40.9 Å². The lowest BCUT2D eigenvalue weighted by Gasteiger charge is -2.25. The van der Waals surface area contributed by atoms with E-state index in [2.05, 4.69) is 6.92 Å². The summed E-state index contributed by atoms with van der Waals surface area (Å²) in [4.78, 5) is 25.9. The van der Waals surface area contributed by atoms with Gasteiger partial charge >= 0.3 is 5.97 Å². The van der Waals surface area contributed by atoms with Crippen molar-refractivity contribution in [3.05, 3.63) is 71.0 Å². The molecule has 1 aliphatic heterocycles. The van der Waals surface area contributed by atoms with Gasteiger partial charge in [0, 0.05) is 6.54 Å². The normalized spacial score (nSPS) is 19.8. The first-order valence-electron chi connectivity index (χ1n) is 8.32. The molecule has 2 unspecified atom stereocenters. The minimum atomic E-state index is -1.04. The van der Waals surface area contributed by atoms with E-state index in [1.807, 2.05) is 6.07 Å². The Hall–Kier alpha value is -2.69. The summed E-state index contributed by atoms with van der Waals surface area (Å²) in [7, 11) is 0. The summed E-state index contributed by atoms with van der Waals surface area (Å²) in [6.45, 7) is 2.65. The Kier molecular flexibility index (Phi) is 4.83. The Balaban J connectivity index is 1.84. The average molecular weight is 341 g/mol. The van der Waals surface area contributed by atoms with Crippen molar-refractivity contribution in [3.8, 4) is 0 Å². The molecular formula is C20H20FNO3. The molecule has 5 heteroatoms. The van der Waals surface area contributed by atoms with E-state index in [0.29, 0.717) is 18.0 Å². The summed E-state index contributed by atoms with van der Waals surface area (Å²) in [6, 6.07) is 12.7. The van der Waals surface area contributed by atoms with Crippen molar-refractivity contribution in [3.63, 3.8) is 0 Å². The van der Waals surface area contributed by atoms with E-state index in [9.17, 15) is 19.1 Å². The molecule has 25 heavy (non-hydrogen) atoms. The third-order valence-corrected chi connectivity index (χ3v) is 4.65. The van der Waals surface area contributed by atoms with Gasteiger partial charge in [0.2, 0.25) is 5.91 Å². The number of carboxylic acids is 1. The van der Waals surface area contributed by atoms with Crippen LogP contribution >= 0.6 is 0 Å². The number of carbonyl (C=O) groups is 2.